The third kappa shape index (κ3) is 3.00. The summed E-state index contributed by atoms with van der Waals surface area (Å²) < 4.78 is 80.5. The minimum absolute atomic E-state index is 1.19. The van der Waals surface area contributed by atoms with Crippen LogP contribution in [0.25, 0.3) is 0 Å². The van der Waals surface area contributed by atoms with E-state index < -0.39 is 22.7 Å². The molecule has 0 spiro atoms. The lowest BCUT2D eigenvalue weighted by Gasteiger charge is -2.14. The fraction of sp³-hybridized carbons (Fsp3) is 0.500. The molecule has 0 atom stereocenters. The molecule has 0 unspecified atom stereocenters. The zero-order valence-electron chi connectivity index (χ0n) is 5.02. The van der Waals surface area contributed by atoms with Crippen LogP contribution in [0.1, 0.15) is 0 Å². The lowest BCUT2D eigenvalue weighted by atomic mass is 10.3. The van der Waals surface area contributed by atoms with Gasteiger partial charge in [-0.1, -0.05) is 0 Å². The number of hydrogen-bond acceptors (Lipinski definition) is 0. The van der Waals surface area contributed by atoms with Crippen LogP contribution in [0.15, 0.2) is 11.7 Å². The Morgan fingerprint density at radius 2 is 1.25 bits per heavy atom. The number of halogens is 8. The standard InChI is InChI=1S/C4BrF7/c5-3(8,9)1(2(6)7)4(10,11)12. The van der Waals surface area contributed by atoms with E-state index in [2.05, 4.69) is 0 Å². The normalized spacial score (nSPS) is 13.0. The summed E-state index contributed by atoms with van der Waals surface area (Å²) in [6.07, 6.45) is -9.20. The zero-order chi connectivity index (χ0) is 10.2. The molecule has 72 valence electrons. The lowest BCUT2D eigenvalue weighted by Crippen LogP contribution is -2.25. The summed E-state index contributed by atoms with van der Waals surface area (Å²) in [5.41, 5.74) is -3.17. The fourth-order valence-corrected chi connectivity index (χ4v) is 0.750. The second-order valence-corrected chi connectivity index (χ2v) is 2.63. The minimum Gasteiger partial charge on any atom is -0.188 e. The van der Waals surface area contributed by atoms with E-state index in [0.29, 0.717) is 0 Å². The molecule has 0 amide bonds. The fourth-order valence-electron chi connectivity index (χ4n) is 0.375. The van der Waals surface area contributed by atoms with Gasteiger partial charge in [0.15, 0.2) is 5.57 Å². The van der Waals surface area contributed by atoms with Gasteiger partial charge in [-0.2, -0.15) is 30.7 Å². The highest BCUT2D eigenvalue weighted by molar-refractivity contribution is 9.10. The van der Waals surface area contributed by atoms with Crippen molar-refractivity contribution in [2.75, 3.05) is 0 Å². The van der Waals surface area contributed by atoms with E-state index in [1.54, 1.807) is 0 Å². The van der Waals surface area contributed by atoms with Crippen molar-refractivity contribution in [1.82, 2.24) is 0 Å². The molecule has 0 N–H and O–H groups in total. The van der Waals surface area contributed by atoms with E-state index in [4.69, 9.17) is 0 Å². The maximum atomic E-state index is 11.8. The smallest absolute Gasteiger partial charge is 0.188 e. The van der Waals surface area contributed by atoms with Crippen molar-refractivity contribution >= 4 is 15.9 Å². The minimum atomic E-state index is -5.74. The Morgan fingerprint density at radius 1 is 0.917 bits per heavy atom. The van der Waals surface area contributed by atoms with Crippen LogP contribution < -0.4 is 0 Å². The van der Waals surface area contributed by atoms with Gasteiger partial charge in [0.25, 0.3) is 6.08 Å². The van der Waals surface area contributed by atoms with Crippen LogP contribution >= 0.6 is 15.9 Å². The SMILES string of the molecule is FC(F)=C(C(F)(F)F)C(F)(F)Br. The van der Waals surface area contributed by atoms with Crippen molar-refractivity contribution in [2.24, 2.45) is 0 Å². The largest absolute Gasteiger partial charge is 0.424 e. The van der Waals surface area contributed by atoms with Gasteiger partial charge in [-0.25, -0.2) is 0 Å². The Hall–Kier alpha value is -0.270. The van der Waals surface area contributed by atoms with E-state index in [0.717, 1.165) is 0 Å². The molecule has 12 heavy (non-hydrogen) atoms. The molecule has 0 radical (unpaired) electrons. The first-order valence-corrected chi connectivity index (χ1v) is 3.05. The highest BCUT2D eigenvalue weighted by Gasteiger charge is 2.52. The van der Waals surface area contributed by atoms with Gasteiger partial charge >= 0.3 is 11.0 Å². The summed E-state index contributed by atoms with van der Waals surface area (Å²) in [6.45, 7) is 0. The molecule has 0 nitrogen and oxygen atoms in total. The van der Waals surface area contributed by atoms with Crippen molar-refractivity contribution in [2.45, 2.75) is 11.0 Å². The van der Waals surface area contributed by atoms with Crippen molar-refractivity contribution in [1.29, 1.82) is 0 Å². The summed E-state index contributed by atoms with van der Waals surface area (Å²) in [5, 5.41) is 0. The first kappa shape index (κ1) is 11.7. The van der Waals surface area contributed by atoms with Gasteiger partial charge in [-0.15, -0.1) is 0 Å². The van der Waals surface area contributed by atoms with Crippen LogP contribution in [0.3, 0.4) is 0 Å². The van der Waals surface area contributed by atoms with Gasteiger partial charge in [0.05, 0.1) is 0 Å². The Morgan fingerprint density at radius 3 is 1.25 bits per heavy atom. The summed E-state index contributed by atoms with van der Waals surface area (Å²) in [4.78, 5) is -4.76. The molecule has 0 saturated carbocycles. The first-order chi connectivity index (χ1) is 5.07. The average molecular weight is 261 g/mol. The molecular formula is C4BrF7. The second kappa shape index (κ2) is 3.23. The quantitative estimate of drug-likeness (QED) is 0.498. The van der Waals surface area contributed by atoms with E-state index in [9.17, 15) is 30.7 Å². The van der Waals surface area contributed by atoms with E-state index in [-0.39, 0.29) is 0 Å². The molecule has 0 bridgehead atoms. The molecule has 0 aliphatic carbocycles. The number of rotatable bonds is 1. The molecule has 0 rings (SSSR count). The van der Waals surface area contributed by atoms with Crippen LogP contribution in [0, 0.1) is 0 Å². The predicted molar refractivity (Wildman–Crippen MR) is 29.2 cm³/mol. The number of allylic oxidation sites excluding steroid dienone is 1. The van der Waals surface area contributed by atoms with Gasteiger partial charge in [0, 0.05) is 0 Å². The molecule has 8 heteroatoms. The summed E-state index contributed by atoms with van der Waals surface area (Å²) in [5.74, 6) is 0. The monoisotopic (exact) mass is 260 g/mol. The molecule has 0 aromatic rings. The predicted octanol–water partition coefficient (Wildman–Crippen LogP) is 3.69. The molecule has 0 aliphatic heterocycles. The maximum absolute atomic E-state index is 11.8. The van der Waals surface area contributed by atoms with Crippen LogP contribution in [0.5, 0.6) is 0 Å². The third-order valence-corrected chi connectivity index (χ3v) is 1.15. The molecule has 0 fully saturated rings. The van der Waals surface area contributed by atoms with Gasteiger partial charge in [-0.05, 0) is 15.9 Å². The van der Waals surface area contributed by atoms with Crippen molar-refractivity contribution in [3.8, 4) is 0 Å². The van der Waals surface area contributed by atoms with Gasteiger partial charge < -0.3 is 0 Å². The van der Waals surface area contributed by atoms with Crippen molar-refractivity contribution in [3.63, 3.8) is 0 Å². The Labute approximate surface area is 70.2 Å². The highest BCUT2D eigenvalue weighted by Crippen LogP contribution is 2.43. The molecule has 0 aromatic carbocycles. The van der Waals surface area contributed by atoms with Crippen LogP contribution in [-0.2, 0) is 0 Å². The van der Waals surface area contributed by atoms with Crippen molar-refractivity contribution in [3.05, 3.63) is 11.7 Å². The van der Waals surface area contributed by atoms with Gasteiger partial charge in [-0.3, -0.25) is 0 Å². The molecule has 0 saturated heterocycles. The third-order valence-electron chi connectivity index (χ3n) is 0.756. The topological polar surface area (TPSA) is 0 Å². The summed E-state index contributed by atoms with van der Waals surface area (Å²) >= 11 is 1.19. The Balaban J connectivity index is 5.13. The maximum Gasteiger partial charge on any atom is 0.424 e. The van der Waals surface area contributed by atoms with Crippen molar-refractivity contribution < 1.29 is 30.7 Å². The molecule has 0 aliphatic rings. The van der Waals surface area contributed by atoms with Crippen LogP contribution in [-0.4, -0.2) is 11.0 Å². The summed E-state index contributed by atoms with van der Waals surface area (Å²) in [6, 6.07) is 0. The highest BCUT2D eigenvalue weighted by atomic mass is 79.9. The lowest BCUT2D eigenvalue weighted by molar-refractivity contribution is -0.116. The average Bonchev–Trinajstić information content (AvgIpc) is 1.49. The summed E-state index contributed by atoms with van der Waals surface area (Å²) in [7, 11) is 0. The first-order valence-electron chi connectivity index (χ1n) is 2.26. The van der Waals surface area contributed by atoms with Crippen LogP contribution in [0.4, 0.5) is 30.7 Å². The number of hydrogen-bond donors (Lipinski definition) is 0. The Bertz CT molecular complexity index is 176. The zero-order valence-corrected chi connectivity index (χ0v) is 6.61. The number of alkyl halides is 6. The molecule has 0 heterocycles. The van der Waals surface area contributed by atoms with E-state index in [1.165, 1.54) is 15.9 Å². The molecular weight excluding hydrogens is 261 g/mol. The van der Waals surface area contributed by atoms with Gasteiger partial charge in [0.1, 0.15) is 0 Å². The van der Waals surface area contributed by atoms with Crippen LogP contribution in [0.2, 0.25) is 0 Å². The van der Waals surface area contributed by atoms with E-state index in [1.807, 2.05) is 0 Å². The second-order valence-electron chi connectivity index (χ2n) is 1.63. The van der Waals surface area contributed by atoms with Gasteiger partial charge in [0.2, 0.25) is 0 Å². The molecule has 0 aromatic heterocycles. The van der Waals surface area contributed by atoms with E-state index >= 15 is 0 Å². The Kier molecular flexibility index (Phi) is 3.16.